The Hall–Kier alpha value is -3.90. The molecule has 12 heteroatoms. The molecule has 204 valence electrons. The van der Waals surface area contributed by atoms with E-state index in [1.807, 2.05) is 35.2 Å². The van der Waals surface area contributed by atoms with Crippen molar-refractivity contribution in [3.8, 4) is 0 Å². The van der Waals surface area contributed by atoms with Gasteiger partial charge in [0.1, 0.15) is 12.8 Å². The first-order valence-corrected chi connectivity index (χ1v) is 11.9. The molecule has 5 N–H and O–H groups in total. The smallest absolute Gasteiger partial charge is 0.416 e. The molecule has 3 atom stereocenters. The Morgan fingerprint density at radius 1 is 1.18 bits per heavy atom. The molecule has 3 rings (SSSR count). The van der Waals surface area contributed by atoms with Crippen LogP contribution in [0.1, 0.15) is 27.9 Å². The SMILES string of the molecule is C=CCN1CC[C@@H](NC(=O)OCc2ccccc2)[C@@H](NC(C=O)NC(=O)c2cc(C(F)(F)F)ccc2N)C1. The van der Waals surface area contributed by atoms with Crippen molar-refractivity contribution >= 4 is 24.0 Å². The van der Waals surface area contributed by atoms with E-state index in [1.165, 1.54) is 0 Å². The number of aldehydes is 1. The zero-order valence-electron chi connectivity index (χ0n) is 20.5. The van der Waals surface area contributed by atoms with Crippen LogP contribution in [0, 0.1) is 0 Å². The number of carbonyl (C=O) groups excluding carboxylic acids is 3. The van der Waals surface area contributed by atoms with Crippen LogP contribution in [0.2, 0.25) is 0 Å². The van der Waals surface area contributed by atoms with E-state index < -0.39 is 47.6 Å². The van der Waals surface area contributed by atoms with E-state index in [1.54, 1.807) is 6.08 Å². The molecule has 0 spiro atoms. The number of nitrogens with one attached hydrogen (secondary N) is 3. The molecule has 2 amide bonds. The number of ether oxygens (including phenoxy) is 1. The monoisotopic (exact) mass is 533 g/mol. The molecule has 1 aliphatic heterocycles. The van der Waals surface area contributed by atoms with Gasteiger partial charge in [-0.3, -0.25) is 19.8 Å². The van der Waals surface area contributed by atoms with Crippen LogP contribution in [-0.4, -0.2) is 61.1 Å². The number of amides is 2. The number of carbonyl (C=O) groups is 3. The number of nitrogen functional groups attached to an aromatic ring is 1. The van der Waals surface area contributed by atoms with Gasteiger partial charge >= 0.3 is 12.3 Å². The Morgan fingerprint density at radius 3 is 2.58 bits per heavy atom. The van der Waals surface area contributed by atoms with Crippen molar-refractivity contribution in [3.05, 3.63) is 77.9 Å². The molecule has 1 heterocycles. The average Bonchev–Trinajstić information content (AvgIpc) is 2.88. The molecule has 0 saturated carbocycles. The third-order valence-electron chi connectivity index (χ3n) is 6.04. The molecule has 1 aliphatic rings. The summed E-state index contributed by atoms with van der Waals surface area (Å²) in [5.41, 5.74) is 4.91. The Morgan fingerprint density at radius 2 is 1.92 bits per heavy atom. The third kappa shape index (κ3) is 8.05. The van der Waals surface area contributed by atoms with Gasteiger partial charge in [-0.2, -0.15) is 13.2 Å². The molecular formula is C26H30F3N5O4. The summed E-state index contributed by atoms with van der Waals surface area (Å²) >= 11 is 0. The van der Waals surface area contributed by atoms with Crippen molar-refractivity contribution in [2.75, 3.05) is 25.4 Å². The Labute approximate surface area is 218 Å². The van der Waals surface area contributed by atoms with Crippen LogP contribution in [0.4, 0.5) is 23.7 Å². The van der Waals surface area contributed by atoms with Gasteiger partial charge in [0.25, 0.3) is 5.91 Å². The third-order valence-corrected chi connectivity index (χ3v) is 6.04. The number of halogens is 3. The van der Waals surface area contributed by atoms with E-state index in [-0.39, 0.29) is 12.3 Å². The molecule has 9 nitrogen and oxygen atoms in total. The van der Waals surface area contributed by atoms with E-state index in [9.17, 15) is 27.6 Å². The van der Waals surface area contributed by atoms with Gasteiger partial charge in [0.05, 0.1) is 17.2 Å². The number of alkyl carbamates (subject to hydrolysis) is 1. The van der Waals surface area contributed by atoms with Crippen molar-refractivity contribution in [3.63, 3.8) is 0 Å². The fraction of sp³-hybridized carbons (Fsp3) is 0.346. The number of nitrogens with two attached hydrogens (primary N) is 1. The zero-order chi connectivity index (χ0) is 27.7. The van der Waals surface area contributed by atoms with E-state index in [4.69, 9.17) is 10.5 Å². The number of hydrogen-bond donors (Lipinski definition) is 4. The minimum Gasteiger partial charge on any atom is -0.445 e. The first kappa shape index (κ1) is 28.7. The first-order valence-electron chi connectivity index (χ1n) is 11.9. The maximum Gasteiger partial charge on any atom is 0.416 e. The molecule has 1 fully saturated rings. The predicted octanol–water partition coefficient (Wildman–Crippen LogP) is 2.69. The first-order chi connectivity index (χ1) is 18.1. The summed E-state index contributed by atoms with van der Waals surface area (Å²) < 4.78 is 44.6. The number of rotatable bonds is 10. The van der Waals surface area contributed by atoms with Crippen LogP contribution in [0.5, 0.6) is 0 Å². The van der Waals surface area contributed by atoms with E-state index >= 15 is 0 Å². The maximum atomic E-state index is 13.1. The summed E-state index contributed by atoms with van der Waals surface area (Å²) in [7, 11) is 0. The van der Waals surface area contributed by atoms with Gasteiger partial charge in [0.2, 0.25) is 0 Å². The van der Waals surface area contributed by atoms with Gasteiger partial charge < -0.3 is 21.1 Å². The number of piperidine rings is 1. The zero-order valence-corrected chi connectivity index (χ0v) is 20.5. The highest BCUT2D eigenvalue weighted by Crippen LogP contribution is 2.31. The van der Waals surface area contributed by atoms with Crippen molar-refractivity contribution in [1.82, 2.24) is 20.9 Å². The second kappa shape index (κ2) is 13.1. The molecule has 2 aromatic carbocycles. The second-order valence-corrected chi connectivity index (χ2v) is 8.81. The standard InChI is InChI=1S/C26H30F3N5O4/c1-2-11-34-12-10-21(32-25(37)38-16-17-6-4-3-5-7-17)22(14-34)31-23(15-35)33-24(36)19-13-18(26(27,28)29)8-9-20(19)30/h2-9,13,15,21-23,31H,1,10-12,14,16,30H2,(H,32,37)(H,33,36)/t21-,22+,23?/m1/s1. The van der Waals surface area contributed by atoms with Gasteiger partial charge in [0.15, 0.2) is 6.29 Å². The van der Waals surface area contributed by atoms with Gasteiger partial charge in [-0.15, -0.1) is 6.58 Å². The normalized spacial score (nSPS) is 18.7. The molecule has 1 saturated heterocycles. The summed E-state index contributed by atoms with van der Waals surface area (Å²) in [6.07, 6.45) is -3.95. The second-order valence-electron chi connectivity index (χ2n) is 8.81. The molecule has 2 aromatic rings. The molecular weight excluding hydrogens is 503 g/mol. The minimum atomic E-state index is -4.67. The lowest BCUT2D eigenvalue weighted by molar-refractivity contribution is -0.137. The van der Waals surface area contributed by atoms with Gasteiger partial charge in [-0.05, 0) is 30.2 Å². The van der Waals surface area contributed by atoms with E-state index in [0.29, 0.717) is 38.4 Å². The van der Waals surface area contributed by atoms with Crippen LogP contribution in [-0.2, 0) is 22.3 Å². The van der Waals surface area contributed by atoms with Crippen molar-refractivity contribution in [2.45, 2.75) is 37.5 Å². The highest BCUT2D eigenvalue weighted by atomic mass is 19.4. The predicted molar refractivity (Wildman–Crippen MR) is 135 cm³/mol. The molecule has 0 bridgehead atoms. The maximum absolute atomic E-state index is 13.1. The minimum absolute atomic E-state index is 0.0749. The highest BCUT2D eigenvalue weighted by Gasteiger charge is 2.34. The van der Waals surface area contributed by atoms with E-state index in [0.717, 1.165) is 17.7 Å². The van der Waals surface area contributed by atoms with Crippen LogP contribution in [0.3, 0.4) is 0 Å². The fourth-order valence-corrected chi connectivity index (χ4v) is 4.12. The van der Waals surface area contributed by atoms with Crippen LogP contribution in [0.15, 0.2) is 61.2 Å². The number of benzene rings is 2. The highest BCUT2D eigenvalue weighted by molar-refractivity contribution is 6.00. The summed E-state index contributed by atoms with van der Waals surface area (Å²) in [4.78, 5) is 39.1. The summed E-state index contributed by atoms with van der Waals surface area (Å²) in [5.74, 6) is -0.955. The number of hydrogen-bond acceptors (Lipinski definition) is 7. The number of likely N-dealkylation sites (tertiary alicyclic amines) is 1. The largest absolute Gasteiger partial charge is 0.445 e. The molecule has 0 radical (unpaired) electrons. The van der Waals surface area contributed by atoms with Crippen molar-refractivity contribution in [2.24, 2.45) is 0 Å². The lowest BCUT2D eigenvalue weighted by Crippen LogP contribution is -2.63. The Bertz CT molecular complexity index is 1130. The van der Waals surface area contributed by atoms with Crippen molar-refractivity contribution < 1.29 is 32.3 Å². The van der Waals surface area contributed by atoms with Gasteiger partial charge in [-0.25, -0.2) is 4.79 Å². The van der Waals surface area contributed by atoms with Crippen molar-refractivity contribution in [1.29, 1.82) is 0 Å². The summed E-state index contributed by atoms with van der Waals surface area (Å²) in [6, 6.07) is 10.5. The van der Waals surface area contributed by atoms with Crippen LogP contribution >= 0.6 is 0 Å². The quantitative estimate of drug-likeness (QED) is 0.160. The molecule has 0 aromatic heterocycles. The molecule has 1 unspecified atom stereocenters. The lowest BCUT2D eigenvalue weighted by Gasteiger charge is -2.39. The molecule has 0 aliphatic carbocycles. The Kier molecular flexibility index (Phi) is 9.85. The number of nitrogens with zero attached hydrogens (tertiary/aromatic N) is 1. The summed E-state index contributed by atoms with van der Waals surface area (Å²) in [5, 5.41) is 8.15. The average molecular weight is 534 g/mol. The summed E-state index contributed by atoms with van der Waals surface area (Å²) in [6.45, 7) is 5.38. The number of anilines is 1. The van der Waals surface area contributed by atoms with E-state index in [2.05, 4.69) is 22.5 Å². The van der Waals surface area contributed by atoms with Gasteiger partial charge in [-0.1, -0.05) is 36.4 Å². The van der Waals surface area contributed by atoms with Crippen LogP contribution < -0.4 is 21.7 Å². The number of alkyl halides is 3. The molecule has 38 heavy (non-hydrogen) atoms. The topological polar surface area (TPSA) is 126 Å². The van der Waals surface area contributed by atoms with Gasteiger partial charge in [0, 0.05) is 31.4 Å². The van der Waals surface area contributed by atoms with Crippen LogP contribution in [0.25, 0.3) is 0 Å². The fourth-order valence-electron chi connectivity index (χ4n) is 4.12. The lowest BCUT2D eigenvalue weighted by atomic mass is 9.99. The Balaban J connectivity index is 1.68.